The number of thiophene rings is 1. The number of likely N-dealkylation sites (tertiary alicyclic amines) is 1. The molecule has 1 saturated heterocycles. The summed E-state index contributed by atoms with van der Waals surface area (Å²) in [5.41, 5.74) is 1.54. The van der Waals surface area contributed by atoms with Crippen LogP contribution in [0.25, 0.3) is 11.1 Å². The number of carbonyl (C=O) groups excluding carboxylic acids is 1. The first-order valence-electron chi connectivity index (χ1n) is 7.84. The molecule has 4 heteroatoms. The molecular weight excluding hydrogens is 297 g/mol. The molecule has 1 amide bonds. The Kier molecular flexibility index (Phi) is 4.88. The highest BCUT2D eigenvalue weighted by molar-refractivity contribution is 7.10. The smallest absolute Gasteiger partial charge is 0.222 e. The van der Waals surface area contributed by atoms with E-state index in [1.54, 1.807) is 23.5 Å². The Morgan fingerprint density at radius 3 is 2.73 bits per heavy atom. The lowest BCUT2D eigenvalue weighted by molar-refractivity contribution is -0.132. The predicted octanol–water partition coefficient (Wildman–Crippen LogP) is 4.50. The van der Waals surface area contributed by atoms with Crippen molar-refractivity contribution in [3.8, 4) is 11.1 Å². The molecular formula is C18H20FNOS. The Morgan fingerprint density at radius 2 is 1.95 bits per heavy atom. The second-order valence-electron chi connectivity index (χ2n) is 5.72. The molecule has 0 N–H and O–H groups in total. The highest BCUT2D eigenvalue weighted by Gasteiger charge is 2.16. The van der Waals surface area contributed by atoms with Gasteiger partial charge in [0.15, 0.2) is 0 Å². The molecule has 0 radical (unpaired) electrons. The van der Waals surface area contributed by atoms with Crippen LogP contribution in [0.2, 0.25) is 0 Å². The van der Waals surface area contributed by atoms with Crippen molar-refractivity contribution >= 4 is 17.2 Å². The number of aryl methyl sites for hydroxylation is 1. The Hall–Kier alpha value is -1.68. The van der Waals surface area contributed by atoms with Crippen LogP contribution >= 0.6 is 11.3 Å². The maximum Gasteiger partial charge on any atom is 0.222 e. The fourth-order valence-corrected chi connectivity index (χ4v) is 3.77. The maximum absolute atomic E-state index is 13.8. The minimum atomic E-state index is -0.198. The van der Waals surface area contributed by atoms with Crippen LogP contribution in [0, 0.1) is 5.82 Å². The van der Waals surface area contributed by atoms with Crippen molar-refractivity contribution in [2.75, 3.05) is 13.1 Å². The largest absolute Gasteiger partial charge is 0.343 e. The van der Waals surface area contributed by atoms with Crippen molar-refractivity contribution in [3.05, 3.63) is 46.4 Å². The SMILES string of the molecule is O=C(CCc1cc(-c2ccccc2F)cs1)N1CCCCC1. The Bertz CT molecular complexity index is 646. The first-order valence-corrected chi connectivity index (χ1v) is 8.72. The van der Waals surface area contributed by atoms with Crippen molar-refractivity contribution in [1.29, 1.82) is 0 Å². The lowest BCUT2D eigenvalue weighted by Gasteiger charge is -2.26. The molecule has 1 aromatic heterocycles. The topological polar surface area (TPSA) is 20.3 Å². The summed E-state index contributed by atoms with van der Waals surface area (Å²) in [5, 5.41) is 1.97. The normalized spacial score (nSPS) is 15.0. The third-order valence-corrected chi connectivity index (χ3v) is 5.13. The van der Waals surface area contributed by atoms with Gasteiger partial charge in [0.25, 0.3) is 0 Å². The average Bonchev–Trinajstić information content (AvgIpc) is 3.02. The van der Waals surface area contributed by atoms with Gasteiger partial charge in [-0.3, -0.25) is 4.79 Å². The summed E-state index contributed by atoms with van der Waals surface area (Å²) in [5.74, 6) is 0.0526. The van der Waals surface area contributed by atoms with E-state index in [-0.39, 0.29) is 11.7 Å². The van der Waals surface area contributed by atoms with Crippen LogP contribution < -0.4 is 0 Å². The zero-order chi connectivity index (χ0) is 15.4. The standard InChI is InChI=1S/C18H20FNOS/c19-17-7-3-2-6-16(17)14-12-15(22-13-14)8-9-18(21)20-10-4-1-5-11-20/h2-3,6-7,12-13H,1,4-5,8-11H2. The molecule has 2 heterocycles. The number of halogens is 1. The number of benzene rings is 1. The molecule has 2 aromatic rings. The molecule has 0 saturated carbocycles. The Morgan fingerprint density at radius 1 is 1.18 bits per heavy atom. The van der Waals surface area contributed by atoms with Crippen molar-refractivity contribution < 1.29 is 9.18 Å². The van der Waals surface area contributed by atoms with Gasteiger partial charge in [-0.2, -0.15) is 0 Å². The zero-order valence-electron chi connectivity index (χ0n) is 12.6. The van der Waals surface area contributed by atoms with Crippen LogP contribution in [0.4, 0.5) is 4.39 Å². The quantitative estimate of drug-likeness (QED) is 0.813. The van der Waals surface area contributed by atoms with Crippen LogP contribution in [0.15, 0.2) is 35.7 Å². The molecule has 1 aliphatic rings. The summed E-state index contributed by atoms with van der Waals surface area (Å²) >= 11 is 1.60. The van der Waals surface area contributed by atoms with Gasteiger partial charge in [-0.1, -0.05) is 18.2 Å². The first kappa shape index (κ1) is 15.2. The van der Waals surface area contributed by atoms with Gasteiger partial charge in [-0.25, -0.2) is 4.39 Å². The van der Waals surface area contributed by atoms with Gasteiger partial charge in [0.05, 0.1) is 0 Å². The van der Waals surface area contributed by atoms with Gasteiger partial charge in [0.1, 0.15) is 5.82 Å². The molecule has 0 spiro atoms. The summed E-state index contributed by atoms with van der Waals surface area (Å²) in [6, 6.07) is 8.82. The molecule has 2 nitrogen and oxygen atoms in total. The third kappa shape index (κ3) is 3.55. The molecule has 3 rings (SSSR count). The average molecular weight is 317 g/mol. The number of piperidine rings is 1. The highest BCUT2D eigenvalue weighted by atomic mass is 32.1. The fraction of sp³-hybridized carbons (Fsp3) is 0.389. The number of rotatable bonds is 4. The van der Waals surface area contributed by atoms with E-state index in [4.69, 9.17) is 0 Å². The van der Waals surface area contributed by atoms with Crippen LogP contribution in [0.3, 0.4) is 0 Å². The van der Waals surface area contributed by atoms with Crippen LogP contribution in [-0.2, 0) is 11.2 Å². The zero-order valence-corrected chi connectivity index (χ0v) is 13.4. The summed E-state index contributed by atoms with van der Waals surface area (Å²) in [6.07, 6.45) is 4.79. The number of hydrogen-bond acceptors (Lipinski definition) is 2. The van der Waals surface area contributed by atoms with Gasteiger partial charge in [0, 0.05) is 30.0 Å². The minimum Gasteiger partial charge on any atom is -0.343 e. The highest BCUT2D eigenvalue weighted by Crippen LogP contribution is 2.28. The monoisotopic (exact) mass is 317 g/mol. The number of hydrogen-bond donors (Lipinski definition) is 0. The van der Waals surface area contributed by atoms with E-state index in [1.165, 1.54) is 12.5 Å². The fourth-order valence-electron chi connectivity index (χ4n) is 2.88. The van der Waals surface area contributed by atoms with E-state index >= 15 is 0 Å². The summed E-state index contributed by atoms with van der Waals surface area (Å²) in [7, 11) is 0. The van der Waals surface area contributed by atoms with Gasteiger partial charge >= 0.3 is 0 Å². The molecule has 0 unspecified atom stereocenters. The van der Waals surface area contributed by atoms with E-state index in [0.29, 0.717) is 12.0 Å². The number of carbonyl (C=O) groups is 1. The van der Waals surface area contributed by atoms with Crippen molar-refractivity contribution in [1.82, 2.24) is 4.90 Å². The predicted molar refractivity (Wildman–Crippen MR) is 88.5 cm³/mol. The van der Waals surface area contributed by atoms with Crippen molar-refractivity contribution in [2.24, 2.45) is 0 Å². The summed E-state index contributed by atoms with van der Waals surface area (Å²) in [6.45, 7) is 1.81. The van der Waals surface area contributed by atoms with Gasteiger partial charge in [0.2, 0.25) is 5.91 Å². The van der Waals surface area contributed by atoms with Crippen molar-refractivity contribution in [2.45, 2.75) is 32.1 Å². The maximum atomic E-state index is 13.8. The molecule has 1 aromatic carbocycles. The van der Waals surface area contributed by atoms with E-state index < -0.39 is 0 Å². The van der Waals surface area contributed by atoms with Gasteiger partial charge < -0.3 is 4.90 Å². The lowest BCUT2D eigenvalue weighted by Crippen LogP contribution is -2.35. The molecule has 1 aliphatic heterocycles. The first-order chi connectivity index (χ1) is 10.7. The summed E-state index contributed by atoms with van der Waals surface area (Å²) < 4.78 is 13.8. The van der Waals surface area contributed by atoms with Gasteiger partial charge in [-0.05, 0) is 48.8 Å². The second kappa shape index (κ2) is 7.05. The van der Waals surface area contributed by atoms with Crippen molar-refractivity contribution in [3.63, 3.8) is 0 Å². The van der Waals surface area contributed by atoms with Crippen LogP contribution in [0.1, 0.15) is 30.6 Å². The third-order valence-electron chi connectivity index (χ3n) is 4.13. The van der Waals surface area contributed by atoms with E-state index in [9.17, 15) is 9.18 Å². The number of nitrogens with zero attached hydrogens (tertiary/aromatic N) is 1. The van der Waals surface area contributed by atoms with Crippen LogP contribution in [0.5, 0.6) is 0 Å². The van der Waals surface area contributed by atoms with E-state index in [0.717, 1.165) is 42.8 Å². The Labute approximate surface area is 134 Å². The minimum absolute atomic E-state index is 0.198. The molecule has 0 atom stereocenters. The second-order valence-corrected chi connectivity index (χ2v) is 6.72. The number of amides is 1. The van der Waals surface area contributed by atoms with E-state index in [2.05, 4.69) is 0 Å². The molecule has 0 aliphatic carbocycles. The Balaban J connectivity index is 1.60. The lowest BCUT2D eigenvalue weighted by atomic mass is 10.1. The molecule has 0 bridgehead atoms. The summed E-state index contributed by atoms with van der Waals surface area (Å²) in [4.78, 5) is 15.3. The van der Waals surface area contributed by atoms with Gasteiger partial charge in [-0.15, -0.1) is 11.3 Å². The molecule has 1 fully saturated rings. The molecule has 22 heavy (non-hydrogen) atoms. The molecule has 116 valence electrons. The van der Waals surface area contributed by atoms with Crippen LogP contribution in [-0.4, -0.2) is 23.9 Å². The van der Waals surface area contributed by atoms with E-state index in [1.807, 2.05) is 22.4 Å².